The molecule has 0 aromatic heterocycles. The van der Waals surface area contributed by atoms with Gasteiger partial charge in [-0.15, -0.1) is 0 Å². The van der Waals surface area contributed by atoms with Crippen molar-refractivity contribution in [1.29, 1.82) is 0 Å². The summed E-state index contributed by atoms with van der Waals surface area (Å²) in [5.41, 5.74) is 0.908. The Bertz CT molecular complexity index is 432. The van der Waals surface area contributed by atoms with Gasteiger partial charge in [-0.2, -0.15) is 0 Å². The lowest BCUT2D eigenvalue weighted by atomic mass is 10.2. The van der Waals surface area contributed by atoms with Crippen LogP contribution in [0.3, 0.4) is 0 Å². The molecule has 1 heterocycles. The molecule has 0 radical (unpaired) electrons. The number of esters is 1. The van der Waals surface area contributed by atoms with Crippen LogP contribution in [-0.2, 0) is 20.9 Å². The highest BCUT2D eigenvalue weighted by molar-refractivity contribution is 5.83. The minimum atomic E-state index is -0.520. The van der Waals surface area contributed by atoms with Gasteiger partial charge in [-0.25, -0.2) is 9.59 Å². The molecule has 5 heteroatoms. The van der Waals surface area contributed by atoms with Crippen molar-refractivity contribution in [3.8, 4) is 0 Å². The van der Waals surface area contributed by atoms with E-state index in [9.17, 15) is 9.59 Å². The molecule has 0 unspecified atom stereocenters. The van der Waals surface area contributed by atoms with E-state index in [4.69, 9.17) is 9.47 Å². The molecule has 0 aliphatic carbocycles. The van der Waals surface area contributed by atoms with Crippen LogP contribution in [0.1, 0.15) is 18.9 Å². The van der Waals surface area contributed by atoms with E-state index >= 15 is 0 Å². The Kier molecular flexibility index (Phi) is 3.82. The smallest absolute Gasteiger partial charge is 0.413 e. The second-order valence-corrected chi connectivity index (χ2v) is 4.03. The molecular formula is C13H15NO4. The zero-order valence-corrected chi connectivity index (χ0v) is 10.2. The lowest BCUT2D eigenvalue weighted by Crippen LogP contribution is -2.37. The molecule has 0 N–H and O–H groups in total. The van der Waals surface area contributed by atoms with Crippen molar-refractivity contribution >= 4 is 12.1 Å². The van der Waals surface area contributed by atoms with Crippen LogP contribution in [0.25, 0.3) is 0 Å². The maximum absolute atomic E-state index is 11.8. The number of carbonyl (C=O) groups excluding carboxylic acids is 2. The first kappa shape index (κ1) is 12.4. The first-order valence-corrected chi connectivity index (χ1v) is 5.86. The largest absolute Gasteiger partial charge is 0.444 e. The van der Waals surface area contributed by atoms with Gasteiger partial charge in [0.2, 0.25) is 0 Å². The maximum Gasteiger partial charge on any atom is 0.413 e. The molecule has 0 spiro atoms. The number of benzene rings is 1. The Balaban J connectivity index is 1.90. The van der Waals surface area contributed by atoms with E-state index in [1.807, 2.05) is 37.3 Å². The highest BCUT2D eigenvalue weighted by Crippen LogP contribution is 2.16. The van der Waals surface area contributed by atoms with Crippen LogP contribution in [0.15, 0.2) is 30.3 Å². The number of amides is 1. The molecular weight excluding hydrogens is 234 g/mol. The second kappa shape index (κ2) is 5.53. The first-order chi connectivity index (χ1) is 8.72. The summed E-state index contributed by atoms with van der Waals surface area (Å²) < 4.78 is 9.98. The zero-order valence-electron chi connectivity index (χ0n) is 10.2. The van der Waals surface area contributed by atoms with Crippen LogP contribution in [0.4, 0.5) is 4.79 Å². The van der Waals surface area contributed by atoms with Crippen molar-refractivity contribution in [1.82, 2.24) is 4.90 Å². The predicted octanol–water partition coefficient (Wildman–Crippen LogP) is 1.92. The highest BCUT2D eigenvalue weighted by atomic mass is 16.6. The molecule has 0 saturated carbocycles. The van der Waals surface area contributed by atoms with Gasteiger partial charge in [0, 0.05) is 0 Å². The van der Waals surface area contributed by atoms with Crippen molar-refractivity contribution in [2.45, 2.75) is 26.0 Å². The van der Waals surface area contributed by atoms with E-state index in [0.717, 1.165) is 5.56 Å². The van der Waals surface area contributed by atoms with Crippen molar-refractivity contribution < 1.29 is 19.1 Å². The van der Waals surface area contributed by atoms with Gasteiger partial charge < -0.3 is 9.47 Å². The van der Waals surface area contributed by atoms with Gasteiger partial charge in [0.25, 0.3) is 0 Å². The van der Waals surface area contributed by atoms with Crippen molar-refractivity contribution in [2.75, 3.05) is 6.73 Å². The quantitative estimate of drug-likeness (QED) is 0.768. The standard InChI is InChI=1S/C13H15NO4/c1-2-11-12(15)18-9-14(11)13(16)17-8-10-6-4-3-5-7-10/h3-7,11H,2,8-9H2,1H3/t11-/m1/s1. The van der Waals surface area contributed by atoms with E-state index in [-0.39, 0.29) is 19.3 Å². The van der Waals surface area contributed by atoms with Gasteiger partial charge >= 0.3 is 12.1 Å². The number of rotatable bonds is 3. The summed E-state index contributed by atoms with van der Waals surface area (Å²) in [5, 5.41) is 0. The van der Waals surface area contributed by atoms with E-state index in [1.165, 1.54) is 4.90 Å². The molecule has 5 nitrogen and oxygen atoms in total. The topological polar surface area (TPSA) is 55.8 Å². The van der Waals surface area contributed by atoms with Crippen LogP contribution in [0.5, 0.6) is 0 Å². The third kappa shape index (κ3) is 2.61. The molecule has 0 bridgehead atoms. The summed E-state index contributed by atoms with van der Waals surface area (Å²) in [6.45, 7) is 2.00. The van der Waals surface area contributed by atoms with Gasteiger partial charge in [-0.3, -0.25) is 4.90 Å². The lowest BCUT2D eigenvalue weighted by molar-refractivity contribution is -0.139. The fourth-order valence-electron chi connectivity index (χ4n) is 1.82. The second-order valence-electron chi connectivity index (χ2n) is 4.03. The Labute approximate surface area is 105 Å². The van der Waals surface area contributed by atoms with Crippen LogP contribution in [0, 0.1) is 0 Å². The Morgan fingerprint density at radius 1 is 1.44 bits per heavy atom. The molecule has 1 fully saturated rings. The molecule has 1 aliphatic heterocycles. The molecule has 2 rings (SSSR count). The number of hydrogen-bond donors (Lipinski definition) is 0. The summed E-state index contributed by atoms with van der Waals surface area (Å²) >= 11 is 0. The van der Waals surface area contributed by atoms with E-state index < -0.39 is 12.1 Å². The fraction of sp³-hybridized carbons (Fsp3) is 0.385. The average molecular weight is 249 g/mol. The van der Waals surface area contributed by atoms with Gasteiger partial charge in [-0.05, 0) is 12.0 Å². The monoisotopic (exact) mass is 249 g/mol. The molecule has 1 aromatic rings. The third-order valence-electron chi connectivity index (χ3n) is 2.82. The van der Waals surface area contributed by atoms with E-state index in [1.54, 1.807) is 0 Å². The van der Waals surface area contributed by atoms with E-state index in [2.05, 4.69) is 0 Å². The van der Waals surface area contributed by atoms with Crippen molar-refractivity contribution in [3.05, 3.63) is 35.9 Å². The summed E-state index contributed by atoms with van der Waals surface area (Å²) in [6, 6.07) is 8.87. The molecule has 1 aliphatic rings. The summed E-state index contributed by atoms with van der Waals surface area (Å²) in [6.07, 6.45) is 0.00997. The average Bonchev–Trinajstić information content (AvgIpc) is 2.78. The molecule has 18 heavy (non-hydrogen) atoms. The van der Waals surface area contributed by atoms with Crippen molar-refractivity contribution in [2.24, 2.45) is 0 Å². The lowest BCUT2D eigenvalue weighted by Gasteiger charge is -2.18. The first-order valence-electron chi connectivity index (χ1n) is 5.86. The van der Waals surface area contributed by atoms with E-state index in [0.29, 0.717) is 6.42 Å². The molecule has 96 valence electrons. The Hall–Kier alpha value is -2.04. The SMILES string of the molecule is CC[C@@H]1C(=O)OCN1C(=O)OCc1ccccc1. The van der Waals surface area contributed by atoms with Gasteiger partial charge in [0.05, 0.1) is 0 Å². The van der Waals surface area contributed by atoms with Gasteiger partial charge in [-0.1, -0.05) is 37.3 Å². The molecule has 1 atom stereocenters. The highest BCUT2D eigenvalue weighted by Gasteiger charge is 2.37. The number of hydrogen-bond acceptors (Lipinski definition) is 4. The van der Waals surface area contributed by atoms with Crippen LogP contribution < -0.4 is 0 Å². The van der Waals surface area contributed by atoms with Crippen LogP contribution in [0.2, 0.25) is 0 Å². The number of ether oxygens (including phenoxy) is 2. The van der Waals surface area contributed by atoms with Crippen LogP contribution in [-0.4, -0.2) is 29.7 Å². The Morgan fingerprint density at radius 2 is 2.17 bits per heavy atom. The fourth-order valence-corrected chi connectivity index (χ4v) is 1.82. The minimum Gasteiger partial charge on any atom is -0.444 e. The number of nitrogens with zero attached hydrogens (tertiary/aromatic N) is 1. The van der Waals surface area contributed by atoms with Crippen LogP contribution >= 0.6 is 0 Å². The third-order valence-corrected chi connectivity index (χ3v) is 2.82. The number of carbonyl (C=O) groups is 2. The minimum absolute atomic E-state index is 0.0229. The van der Waals surface area contributed by atoms with Gasteiger partial charge in [0.15, 0.2) is 6.73 Å². The van der Waals surface area contributed by atoms with Crippen molar-refractivity contribution in [3.63, 3.8) is 0 Å². The summed E-state index contributed by atoms with van der Waals surface area (Å²) in [4.78, 5) is 24.4. The zero-order chi connectivity index (χ0) is 13.0. The van der Waals surface area contributed by atoms with Gasteiger partial charge in [0.1, 0.15) is 12.6 Å². The normalized spacial score (nSPS) is 18.6. The molecule has 1 saturated heterocycles. The number of cyclic esters (lactones) is 1. The predicted molar refractivity (Wildman–Crippen MR) is 63.5 cm³/mol. The summed E-state index contributed by atoms with van der Waals surface area (Å²) in [5.74, 6) is -0.367. The Morgan fingerprint density at radius 3 is 2.83 bits per heavy atom. The molecule has 1 aromatic carbocycles. The summed E-state index contributed by atoms with van der Waals surface area (Å²) in [7, 11) is 0. The molecule has 1 amide bonds. The maximum atomic E-state index is 11.8.